The zero-order chi connectivity index (χ0) is 22.5. The highest BCUT2D eigenvalue weighted by atomic mass is 28.3. The van der Waals surface area contributed by atoms with Crippen molar-refractivity contribution in [1.29, 1.82) is 0 Å². The van der Waals surface area contributed by atoms with E-state index in [0.29, 0.717) is 28.1 Å². The summed E-state index contributed by atoms with van der Waals surface area (Å²) in [6.07, 6.45) is 0. The number of fused-ring (bicyclic) bond motifs is 1. The quantitative estimate of drug-likeness (QED) is 0.171. The molecule has 0 saturated heterocycles. The fraction of sp³-hybridized carbons (Fsp3) is 0.480. The highest BCUT2D eigenvalue weighted by Crippen LogP contribution is 2.42. The summed E-state index contributed by atoms with van der Waals surface area (Å²) >= 11 is 0. The first-order valence-corrected chi connectivity index (χ1v) is 12.8. The van der Waals surface area contributed by atoms with Crippen LogP contribution in [0.4, 0.5) is 0 Å². The van der Waals surface area contributed by atoms with Gasteiger partial charge in [-0.3, -0.25) is 4.79 Å². The number of rotatable bonds is 7. The van der Waals surface area contributed by atoms with Gasteiger partial charge in [-0.1, -0.05) is 65.7 Å². The molecule has 2 rings (SSSR count). The molecule has 162 valence electrons. The van der Waals surface area contributed by atoms with Gasteiger partial charge in [0.1, 0.15) is 8.07 Å². The first-order chi connectivity index (χ1) is 14.1. The van der Waals surface area contributed by atoms with E-state index in [4.69, 9.17) is 14.2 Å². The maximum atomic E-state index is 11.8. The summed E-state index contributed by atoms with van der Waals surface area (Å²) in [4.78, 5) is 11.8. The molecule has 0 bridgehead atoms. The first-order valence-electron chi connectivity index (χ1n) is 10.5. The molecule has 0 heterocycles. The van der Waals surface area contributed by atoms with Crippen LogP contribution >= 0.6 is 0 Å². The van der Waals surface area contributed by atoms with Gasteiger partial charge < -0.3 is 14.2 Å². The molecule has 30 heavy (non-hydrogen) atoms. The molecular formula is C25H34O4Si. The van der Waals surface area contributed by atoms with Gasteiger partial charge in [-0.15, -0.1) is 5.54 Å². The fourth-order valence-electron chi connectivity index (χ4n) is 4.52. The van der Waals surface area contributed by atoms with Gasteiger partial charge in [0.15, 0.2) is 18.3 Å². The second kappa shape index (κ2) is 10.1. The molecule has 4 nitrogen and oxygen atoms in total. The van der Waals surface area contributed by atoms with Crippen molar-refractivity contribution >= 4 is 24.8 Å². The van der Waals surface area contributed by atoms with Crippen molar-refractivity contribution in [3.8, 4) is 23.0 Å². The standard InChI is InChI=1S/C25H34O4Si/c1-17(2)30(18(3)4,19(5)6)15-14-22-11-9-10-21-12-13-23(28-16-27-8)25(24(21)22)29-20(7)26/h9-13,17-19H,16H2,1-8H3. The molecule has 0 atom stereocenters. The maximum absolute atomic E-state index is 11.8. The summed E-state index contributed by atoms with van der Waals surface area (Å²) in [6.45, 7) is 15.2. The Bertz CT molecular complexity index is 929. The van der Waals surface area contributed by atoms with Crippen molar-refractivity contribution in [2.75, 3.05) is 13.9 Å². The van der Waals surface area contributed by atoms with E-state index >= 15 is 0 Å². The van der Waals surface area contributed by atoms with E-state index < -0.39 is 14.0 Å². The van der Waals surface area contributed by atoms with Gasteiger partial charge in [0.2, 0.25) is 0 Å². The van der Waals surface area contributed by atoms with Crippen LogP contribution in [0.1, 0.15) is 54.0 Å². The molecule has 0 aliphatic rings. The second-order valence-electron chi connectivity index (χ2n) is 8.59. The molecule has 0 amide bonds. The van der Waals surface area contributed by atoms with Gasteiger partial charge in [0.05, 0.1) is 0 Å². The van der Waals surface area contributed by atoms with Crippen molar-refractivity contribution < 1.29 is 19.0 Å². The lowest BCUT2D eigenvalue weighted by atomic mass is 10.0. The van der Waals surface area contributed by atoms with Crippen LogP contribution in [0.5, 0.6) is 11.5 Å². The van der Waals surface area contributed by atoms with E-state index in [1.165, 1.54) is 6.92 Å². The van der Waals surface area contributed by atoms with Crippen LogP contribution in [0.2, 0.25) is 16.6 Å². The van der Waals surface area contributed by atoms with E-state index in [0.717, 1.165) is 16.3 Å². The Kier molecular flexibility index (Phi) is 8.11. The zero-order valence-electron chi connectivity index (χ0n) is 19.5. The number of hydrogen-bond acceptors (Lipinski definition) is 4. The average Bonchev–Trinajstić information content (AvgIpc) is 2.66. The topological polar surface area (TPSA) is 44.8 Å². The molecule has 2 aromatic rings. The van der Waals surface area contributed by atoms with E-state index in [2.05, 4.69) is 53.0 Å². The summed E-state index contributed by atoms with van der Waals surface area (Å²) in [5.74, 6) is 3.97. The Morgan fingerprint density at radius 2 is 1.63 bits per heavy atom. The molecule has 0 aliphatic carbocycles. The predicted molar refractivity (Wildman–Crippen MR) is 126 cm³/mol. The Morgan fingerprint density at radius 1 is 1.00 bits per heavy atom. The van der Waals surface area contributed by atoms with Gasteiger partial charge in [0, 0.05) is 25.0 Å². The van der Waals surface area contributed by atoms with Crippen molar-refractivity contribution in [2.45, 2.75) is 65.1 Å². The maximum Gasteiger partial charge on any atom is 0.308 e. The van der Waals surface area contributed by atoms with Gasteiger partial charge in [0.25, 0.3) is 0 Å². The molecule has 0 radical (unpaired) electrons. The van der Waals surface area contributed by atoms with Crippen LogP contribution < -0.4 is 9.47 Å². The summed E-state index contributed by atoms with van der Waals surface area (Å²) in [5, 5.41) is 1.75. The number of hydrogen-bond donors (Lipinski definition) is 0. The van der Waals surface area contributed by atoms with Crippen molar-refractivity contribution in [2.24, 2.45) is 0 Å². The third kappa shape index (κ3) is 4.88. The lowest BCUT2D eigenvalue weighted by Gasteiger charge is -2.38. The van der Waals surface area contributed by atoms with Crippen LogP contribution in [-0.4, -0.2) is 27.9 Å². The van der Waals surface area contributed by atoms with Gasteiger partial charge in [-0.2, -0.15) is 0 Å². The number of carbonyl (C=O) groups excluding carboxylic acids is 1. The van der Waals surface area contributed by atoms with Crippen LogP contribution in [0, 0.1) is 11.5 Å². The minimum atomic E-state index is -1.90. The van der Waals surface area contributed by atoms with Crippen LogP contribution in [0.3, 0.4) is 0 Å². The number of ether oxygens (including phenoxy) is 3. The number of methoxy groups -OCH3 is 1. The largest absolute Gasteiger partial charge is 0.464 e. The summed E-state index contributed by atoms with van der Waals surface area (Å²) in [5.41, 5.74) is 6.23. The summed E-state index contributed by atoms with van der Waals surface area (Å²) < 4.78 is 16.3. The highest BCUT2D eigenvalue weighted by molar-refractivity contribution is 6.90. The SMILES string of the molecule is COCOc1ccc2cccc(C#C[Si](C(C)C)(C(C)C)C(C)C)c2c1OC(C)=O. The molecule has 2 aromatic carbocycles. The van der Waals surface area contributed by atoms with Crippen molar-refractivity contribution in [1.82, 2.24) is 0 Å². The number of carbonyl (C=O) groups is 1. The molecule has 5 heteroatoms. The lowest BCUT2D eigenvalue weighted by Crippen LogP contribution is -2.43. The monoisotopic (exact) mass is 426 g/mol. The fourth-order valence-corrected chi connectivity index (χ4v) is 9.74. The van der Waals surface area contributed by atoms with Crippen LogP contribution in [-0.2, 0) is 9.53 Å². The summed E-state index contributed by atoms with van der Waals surface area (Å²) in [6, 6.07) is 9.72. The molecule has 0 spiro atoms. The molecular weight excluding hydrogens is 392 g/mol. The predicted octanol–water partition coefficient (Wildman–Crippen LogP) is 6.32. The molecule has 0 aliphatic heterocycles. The first kappa shape index (κ1) is 24.0. The van der Waals surface area contributed by atoms with E-state index in [1.54, 1.807) is 13.2 Å². The average molecular weight is 427 g/mol. The molecule has 0 aromatic heterocycles. The zero-order valence-corrected chi connectivity index (χ0v) is 20.5. The van der Waals surface area contributed by atoms with Crippen LogP contribution in [0.15, 0.2) is 30.3 Å². The third-order valence-electron chi connectivity index (χ3n) is 5.82. The number of benzene rings is 2. The van der Waals surface area contributed by atoms with Crippen molar-refractivity contribution in [3.63, 3.8) is 0 Å². The minimum absolute atomic E-state index is 0.0672. The molecule has 0 fully saturated rings. The molecule has 0 saturated carbocycles. The summed E-state index contributed by atoms with van der Waals surface area (Å²) in [7, 11) is -0.349. The normalized spacial score (nSPS) is 11.7. The Hall–Kier alpha value is -2.29. The van der Waals surface area contributed by atoms with E-state index in [9.17, 15) is 4.79 Å². The lowest BCUT2D eigenvalue weighted by molar-refractivity contribution is -0.132. The van der Waals surface area contributed by atoms with Gasteiger partial charge in [-0.25, -0.2) is 0 Å². The van der Waals surface area contributed by atoms with Crippen LogP contribution in [0.25, 0.3) is 10.8 Å². The minimum Gasteiger partial charge on any atom is -0.464 e. The Morgan fingerprint density at radius 3 is 2.17 bits per heavy atom. The smallest absolute Gasteiger partial charge is 0.308 e. The number of esters is 1. The highest BCUT2D eigenvalue weighted by Gasteiger charge is 2.41. The third-order valence-corrected chi connectivity index (χ3v) is 12.1. The molecule has 0 unspecified atom stereocenters. The van der Waals surface area contributed by atoms with E-state index in [-0.39, 0.29) is 6.79 Å². The van der Waals surface area contributed by atoms with E-state index in [1.807, 2.05) is 24.3 Å². The Labute approximate surface area is 181 Å². The van der Waals surface area contributed by atoms with Gasteiger partial charge in [-0.05, 0) is 34.1 Å². The van der Waals surface area contributed by atoms with Crippen molar-refractivity contribution in [3.05, 3.63) is 35.9 Å². The van der Waals surface area contributed by atoms with Gasteiger partial charge >= 0.3 is 5.97 Å². The Balaban J connectivity index is 2.77. The second-order valence-corrected chi connectivity index (χ2v) is 14.2. The molecule has 0 N–H and O–H groups in total.